The van der Waals surface area contributed by atoms with Gasteiger partial charge in [-0.25, -0.2) is 14.1 Å². The molecule has 7 nitrogen and oxygen atoms in total. The lowest BCUT2D eigenvalue weighted by Gasteiger charge is -2.32. The van der Waals surface area contributed by atoms with Crippen molar-refractivity contribution in [2.75, 3.05) is 13.1 Å². The number of pyridine rings is 1. The van der Waals surface area contributed by atoms with E-state index in [2.05, 4.69) is 15.4 Å². The van der Waals surface area contributed by atoms with Crippen molar-refractivity contribution in [3.05, 3.63) is 78.0 Å². The molecule has 1 atom stereocenters. The summed E-state index contributed by atoms with van der Waals surface area (Å²) in [7, 11) is 0. The lowest BCUT2D eigenvalue weighted by Crippen LogP contribution is -2.45. The van der Waals surface area contributed by atoms with E-state index in [1.54, 1.807) is 34.1 Å². The summed E-state index contributed by atoms with van der Waals surface area (Å²) in [5, 5.41) is 7.15. The Morgan fingerprint density at radius 1 is 1.13 bits per heavy atom. The van der Waals surface area contributed by atoms with Crippen LogP contribution in [0.3, 0.4) is 0 Å². The van der Waals surface area contributed by atoms with E-state index in [-0.39, 0.29) is 30.0 Å². The topological polar surface area (TPSA) is 80.1 Å². The summed E-state index contributed by atoms with van der Waals surface area (Å²) in [6.45, 7) is 1.43. The lowest BCUT2D eigenvalue weighted by atomic mass is 9.96. The van der Waals surface area contributed by atoms with E-state index in [0.717, 1.165) is 24.0 Å². The van der Waals surface area contributed by atoms with Crippen molar-refractivity contribution in [2.45, 2.75) is 25.8 Å². The second-order valence-electron chi connectivity index (χ2n) is 7.67. The van der Waals surface area contributed by atoms with Gasteiger partial charge in [0, 0.05) is 38.2 Å². The third-order valence-electron chi connectivity index (χ3n) is 5.43. The number of likely N-dealkylation sites (tertiary alicyclic amines) is 1. The van der Waals surface area contributed by atoms with Crippen LogP contribution in [0.5, 0.6) is 0 Å². The highest BCUT2D eigenvalue weighted by Gasteiger charge is 2.28. The number of nitrogens with one attached hydrogen (secondary N) is 1. The van der Waals surface area contributed by atoms with Gasteiger partial charge in [-0.2, -0.15) is 5.10 Å². The maximum Gasteiger partial charge on any atom is 0.227 e. The fraction of sp³-hybridized carbons (Fsp3) is 0.304. The molecule has 1 aliphatic heterocycles. The van der Waals surface area contributed by atoms with Crippen LogP contribution in [0.4, 0.5) is 4.39 Å². The van der Waals surface area contributed by atoms with Crippen LogP contribution in [-0.4, -0.2) is 44.6 Å². The first-order chi connectivity index (χ1) is 15.1. The fourth-order valence-electron chi connectivity index (χ4n) is 3.74. The largest absolute Gasteiger partial charge is 0.352 e. The van der Waals surface area contributed by atoms with Gasteiger partial charge in [-0.3, -0.25) is 9.59 Å². The van der Waals surface area contributed by atoms with Gasteiger partial charge in [-0.05, 0) is 54.3 Å². The van der Waals surface area contributed by atoms with Gasteiger partial charge >= 0.3 is 0 Å². The lowest BCUT2D eigenvalue weighted by molar-refractivity contribution is -0.135. The van der Waals surface area contributed by atoms with Crippen molar-refractivity contribution in [3.8, 4) is 5.82 Å². The number of nitrogens with zero attached hydrogens (tertiary/aromatic N) is 4. The summed E-state index contributed by atoms with van der Waals surface area (Å²) < 4.78 is 14.7. The predicted octanol–water partition coefficient (Wildman–Crippen LogP) is 2.50. The normalized spacial score (nSPS) is 16.2. The van der Waals surface area contributed by atoms with E-state index in [0.29, 0.717) is 25.5 Å². The summed E-state index contributed by atoms with van der Waals surface area (Å²) in [4.78, 5) is 31.4. The highest BCUT2D eigenvalue weighted by atomic mass is 19.1. The maximum atomic E-state index is 13.1. The number of piperidine rings is 1. The van der Waals surface area contributed by atoms with Crippen molar-refractivity contribution < 1.29 is 14.0 Å². The number of halogens is 1. The van der Waals surface area contributed by atoms with Gasteiger partial charge in [0.1, 0.15) is 5.82 Å². The fourth-order valence-corrected chi connectivity index (χ4v) is 3.74. The Kier molecular flexibility index (Phi) is 6.35. The van der Waals surface area contributed by atoms with Crippen molar-refractivity contribution in [2.24, 2.45) is 5.92 Å². The quantitative estimate of drug-likeness (QED) is 0.663. The maximum absolute atomic E-state index is 13.1. The van der Waals surface area contributed by atoms with Crippen molar-refractivity contribution in [1.29, 1.82) is 0 Å². The number of carbonyl (C=O) groups excluding carboxylic acids is 2. The molecule has 2 amide bonds. The first-order valence-corrected chi connectivity index (χ1v) is 10.3. The predicted molar refractivity (Wildman–Crippen MR) is 113 cm³/mol. The number of aromatic nitrogens is 3. The Morgan fingerprint density at radius 3 is 2.74 bits per heavy atom. The van der Waals surface area contributed by atoms with E-state index < -0.39 is 0 Å². The highest BCUT2D eigenvalue weighted by Crippen LogP contribution is 2.18. The molecule has 1 N–H and O–H groups in total. The average Bonchev–Trinajstić information content (AvgIpc) is 3.34. The van der Waals surface area contributed by atoms with Crippen LogP contribution in [0.15, 0.2) is 61.1 Å². The third-order valence-corrected chi connectivity index (χ3v) is 5.43. The van der Waals surface area contributed by atoms with Gasteiger partial charge in [0.15, 0.2) is 5.82 Å². The van der Waals surface area contributed by atoms with Gasteiger partial charge in [-0.1, -0.05) is 12.1 Å². The first-order valence-electron chi connectivity index (χ1n) is 10.3. The molecular weight excluding hydrogens is 397 g/mol. The molecule has 0 saturated carbocycles. The number of amides is 2. The molecule has 3 aromatic rings. The van der Waals surface area contributed by atoms with Crippen molar-refractivity contribution in [3.63, 3.8) is 0 Å². The molecule has 1 aromatic carbocycles. The van der Waals surface area contributed by atoms with E-state index in [1.165, 1.54) is 12.1 Å². The van der Waals surface area contributed by atoms with Gasteiger partial charge in [0.2, 0.25) is 11.8 Å². The molecule has 1 aliphatic rings. The van der Waals surface area contributed by atoms with Crippen LogP contribution in [-0.2, 0) is 22.6 Å². The van der Waals surface area contributed by atoms with Crippen LogP contribution in [0.1, 0.15) is 24.0 Å². The summed E-state index contributed by atoms with van der Waals surface area (Å²) in [5.41, 5.74) is 1.69. The molecule has 0 spiro atoms. The molecule has 1 fully saturated rings. The number of benzene rings is 1. The van der Waals surface area contributed by atoms with E-state index >= 15 is 0 Å². The van der Waals surface area contributed by atoms with Crippen LogP contribution in [0.25, 0.3) is 5.82 Å². The van der Waals surface area contributed by atoms with Gasteiger partial charge in [0.05, 0.1) is 12.3 Å². The molecule has 4 rings (SSSR count). The van der Waals surface area contributed by atoms with Crippen molar-refractivity contribution in [1.82, 2.24) is 25.0 Å². The van der Waals surface area contributed by atoms with E-state index in [4.69, 9.17) is 0 Å². The van der Waals surface area contributed by atoms with Gasteiger partial charge in [-0.15, -0.1) is 0 Å². The summed E-state index contributed by atoms with van der Waals surface area (Å²) in [6.07, 6.45) is 6.93. The Morgan fingerprint density at radius 2 is 1.97 bits per heavy atom. The van der Waals surface area contributed by atoms with E-state index in [1.807, 2.05) is 24.4 Å². The van der Waals surface area contributed by atoms with Crippen LogP contribution < -0.4 is 5.32 Å². The zero-order chi connectivity index (χ0) is 21.6. The second kappa shape index (κ2) is 9.51. The molecular formula is C23H24FN5O2. The zero-order valence-electron chi connectivity index (χ0n) is 17.1. The third kappa shape index (κ3) is 5.33. The van der Waals surface area contributed by atoms with Crippen LogP contribution in [0.2, 0.25) is 0 Å². The Hall–Kier alpha value is -3.55. The SMILES string of the molecule is O=C(NCc1ccnc(-n2cccn2)c1)C1CCCN(C(=O)Cc2ccc(F)cc2)C1. The Labute approximate surface area is 179 Å². The number of hydrogen-bond donors (Lipinski definition) is 1. The molecule has 1 unspecified atom stereocenters. The summed E-state index contributed by atoms with van der Waals surface area (Å²) >= 11 is 0. The monoisotopic (exact) mass is 421 g/mol. The molecule has 31 heavy (non-hydrogen) atoms. The molecule has 3 heterocycles. The Bertz CT molecular complexity index is 1040. The molecule has 0 radical (unpaired) electrons. The molecule has 0 aliphatic carbocycles. The zero-order valence-corrected chi connectivity index (χ0v) is 17.1. The first kappa shape index (κ1) is 20.7. The van der Waals surface area contributed by atoms with Crippen molar-refractivity contribution >= 4 is 11.8 Å². The highest BCUT2D eigenvalue weighted by molar-refractivity contribution is 5.82. The minimum Gasteiger partial charge on any atom is -0.352 e. The average molecular weight is 421 g/mol. The minimum absolute atomic E-state index is 0.0397. The smallest absolute Gasteiger partial charge is 0.227 e. The van der Waals surface area contributed by atoms with Crippen LogP contribution >= 0.6 is 0 Å². The van der Waals surface area contributed by atoms with Crippen LogP contribution in [0, 0.1) is 11.7 Å². The molecule has 1 saturated heterocycles. The Balaban J connectivity index is 1.31. The molecule has 0 bridgehead atoms. The molecule has 2 aromatic heterocycles. The molecule has 8 heteroatoms. The summed E-state index contributed by atoms with van der Waals surface area (Å²) in [6, 6.07) is 11.5. The number of carbonyl (C=O) groups is 2. The standard InChI is InChI=1S/C23H24FN5O2/c24-20-6-4-17(5-7-20)14-22(30)28-11-1-3-19(16-28)23(31)26-15-18-8-10-25-21(13-18)29-12-2-9-27-29/h2,4-10,12-13,19H,1,3,11,14-16H2,(H,26,31). The van der Waals surface area contributed by atoms with E-state index in [9.17, 15) is 14.0 Å². The summed E-state index contributed by atoms with van der Waals surface area (Å²) in [5.74, 6) is 0.0287. The van der Waals surface area contributed by atoms with Gasteiger partial charge in [0.25, 0.3) is 0 Å². The van der Waals surface area contributed by atoms with Gasteiger partial charge < -0.3 is 10.2 Å². The minimum atomic E-state index is -0.322. The number of rotatable bonds is 6. The second-order valence-corrected chi connectivity index (χ2v) is 7.67. The molecule has 160 valence electrons. The number of hydrogen-bond acceptors (Lipinski definition) is 4.